The summed E-state index contributed by atoms with van der Waals surface area (Å²) in [6.07, 6.45) is 4.90. The van der Waals surface area contributed by atoms with E-state index in [2.05, 4.69) is 4.98 Å². The van der Waals surface area contributed by atoms with Gasteiger partial charge >= 0.3 is 0 Å². The number of rotatable bonds is 6. The molecule has 0 aliphatic heterocycles. The Morgan fingerprint density at radius 2 is 2.20 bits per heavy atom. The Kier molecular flexibility index (Phi) is 5.39. The molecule has 0 spiro atoms. The predicted octanol–water partition coefficient (Wildman–Crippen LogP) is 3.38. The van der Waals surface area contributed by atoms with Crippen LogP contribution >= 0.6 is 11.6 Å². The Labute approximate surface area is 124 Å². The standard InChI is InChI=1S/C16H19ClN2O/c1-12-3-2-4-15(9-12)20-8-6-14(18)10-13-5-7-19-11-16(13)17/h2-5,7,9,11,14H,6,8,10,18H2,1H3. The van der Waals surface area contributed by atoms with Gasteiger partial charge in [0.2, 0.25) is 0 Å². The molecule has 0 aliphatic carbocycles. The second-order valence-electron chi connectivity index (χ2n) is 4.88. The van der Waals surface area contributed by atoms with E-state index in [9.17, 15) is 0 Å². The summed E-state index contributed by atoms with van der Waals surface area (Å²) >= 11 is 6.07. The summed E-state index contributed by atoms with van der Waals surface area (Å²) in [5, 5.41) is 0.669. The maximum Gasteiger partial charge on any atom is 0.119 e. The van der Waals surface area contributed by atoms with Crippen molar-refractivity contribution in [2.75, 3.05) is 6.61 Å². The van der Waals surface area contributed by atoms with Gasteiger partial charge in [-0.2, -0.15) is 0 Å². The molecule has 2 rings (SSSR count). The van der Waals surface area contributed by atoms with Crippen molar-refractivity contribution in [2.45, 2.75) is 25.8 Å². The summed E-state index contributed by atoms with van der Waals surface area (Å²) in [7, 11) is 0. The number of hydrogen-bond acceptors (Lipinski definition) is 3. The van der Waals surface area contributed by atoms with E-state index in [1.54, 1.807) is 12.4 Å². The van der Waals surface area contributed by atoms with E-state index in [1.165, 1.54) is 5.56 Å². The molecule has 1 aromatic heterocycles. The van der Waals surface area contributed by atoms with Gasteiger partial charge in [0.25, 0.3) is 0 Å². The highest BCUT2D eigenvalue weighted by molar-refractivity contribution is 6.31. The summed E-state index contributed by atoms with van der Waals surface area (Å²) in [4.78, 5) is 3.96. The average Bonchev–Trinajstić information content (AvgIpc) is 2.41. The number of pyridine rings is 1. The minimum atomic E-state index is 0.0275. The second kappa shape index (κ2) is 7.27. The van der Waals surface area contributed by atoms with Gasteiger partial charge in [0.05, 0.1) is 11.6 Å². The molecule has 0 fully saturated rings. The van der Waals surface area contributed by atoms with Crippen molar-refractivity contribution in [3.05, 3.63) is 58.9 Å². The molecule has 0 bridgehead atoms. The Balaban J connectivity index is 1.78. The molecule has 1 unspecified atom stereocenters. The fourth-order valence-electron chi connectivity index (χ4n) is 1.99. The molecule has 1 heterocycles. The molecule has 20 heavy (non-hydrogen) atoms. The van der Waals surface area contributed by atoms with Crippen LogP contribution in [0, 0.1) is 6.92 Å². The smallest absolute Gasteiger partial charge is 0.119 e. The molecule has 0 saturated heterocycles. The van der Waals surface area contributed by atoms with Crippen molar-refractivity contribution in [1.82, 2.24) is 4.98 Å². The van der Waals surface area contributed by atoms with Crippen LogP contribution in [0.25, 0.3) is 0 Å². The molecular weight excluding hydrogens is 272 g/mol. The largest absolute Gasteiger partial charge is 0.494 e. The Morgan fingerprint density at radius 3 is 2.95 bits per heavy atom. The number of benzene rings is 1. The van der Waals surface area contributed by atoms with Crippen LogP contribution in [0.4, 0.5) is 0 Å². The third-order valence-corrected chi connectivity index (χ3v) is 3.43. The van der Waals surface area contributed by atoms with Gasteiger partial charge in [0, 0.05) is 18.4 Å². The third-order valence-electron chi connectivity index (χ3n) is 3.09. The average molecular weight is 291 g/mol. The van der Waals surface area contributed by atoms with Crippen molar-refractivity contribution < 1.29 is 4.74 Å². The Morgan fingerprint density at radius 1 is 1.35 bits per heavy atom. The van der Waals surface area contributed by atoms with Gasteiger partial charge in [-0.25, -0.2) is 0 Å². The zero-order valence-corrected chi connectivity index (χ0v) is 12.3. The van der Waals surface area contributed by atoms with Crippen molar-refractivity contribution in [3.63, 3.8) is 0 Å². The Hall–Kier alpha value is -1.58. The number of nitrogens with two attached hydrogens (primary N) is 1. The van der Waals surface area contributed by atoms with E-state index < -0.39 is 0 Å². The lowest BCUT2D eigenvalue weighted by Gasteiger charge is -2.13. The van der Waals surface area contributed by atoms with Crippen molar-refractivity contribution in [1.29, 1.82) is 0 Å². The first-order valence-corrected chi connectivity index (χ1v) is 7.06. The predicted molar refractivity (Wildman–Crippen MR) is 82.2 cm³/mol. The van der Waals surface area contributed by atoms with Gasteiger partial charge in [-0.3, -0.25) is 4.98 Å². The molecule has 1 aromatic carbocycles. The van der Waals surface area contributed by atoms with Crippen LogP contribution in [-0.2, 0) is 6.42 Å². The number of aryl methyl sites for hydroxylation is 1. The highest BCUT2D eigenvalue weighted by Gasteiger charge is 2.07. The van der Waals surface area contributed by atoms with E-state index in [1.807, 2.05) is 37.3 Å². The van der Waals surface area contributed by atoms with E-state index in [4.69, 9.17) is 22.1 Å². The lowest BCUT2D eigenvalue weighted by atomic mass is 10.1. The van der Waals surface area contributed by atoms with E-state index in [0.717, 1.165) is 24.2 Å². The van der Waals surface area contributed by atoms with E-state index in [-0.39, 0.29) is 6.04 Å². The molecule has 2 N–H and O–H groups in total. The highest BCUT2D eigenvalue weighted by atomic mass is 35.5. The molecule has 3 nitrogen and oxygen atoms in total. The quantitative estimate of drug-likeness (QED) is 0.887. The minimum Gasteiger partial charge on any atom is -0.494 e. The van der Waals surface area contributed by atoms with E-state index >= 15 is 0 Å². The van der Waals surface area contributed by atoms with Gasteiger partial charge in [0.15, 0.2) is 0 Å². The minimum absolute atomic E-state index is 0.0275. The van der Waals surface area contributed by atoms with Gasteiger partial charge in [0.1, 0.15) is 5.75 Å². The summed E-state index contributed by atoms with van der Waals surface area (Å²) in [5.74, 6) is 0.888. The second-order valence-corrected chi connectivity index (χ2v) is 5.29. The molecule has 0 saturated carbocycles. The summed E-state index contributed by atoms with van der Waals surface area (Å²) in [6.45, 7) is 2.65. The van der Waals surface area contributed by atoms with Gasteiger partial charge in [-0.15, -0.1) is 0 Å². The Bertz CT molecular complexity index is 560. The lowest BCUT2D eigenvalue weighted by molar-refractivity contribution is 0.297. The normalized spacial score (nSPS) is 12.2. The maximum absolute atomic E-state index is 6.11. The number of halogens is 1. The monoisotopic (exact) mass is 290 g/mol. The van der Waals surface area contributed by atoms with Crippen LogP contribution < -0.4 is 10.5 Å². The highest BCUT2D eigenvalue weighted by Crippen LogP contribution is 2.16. The SMILES string of the molecule is Cc1cccc(OCCC(N)Cc2ccncc2Cl)c1. The zero-order valence-electron chi connectivity index (χ0n) is 11.6. The maximum atomic E-state index is 6.11. The fourth-order valence-corrected chi connectivity index (χ4v) is 2.18. The first-order valence-electron chi connectivity index (χ1n) is 6.68. The van der Waals surface area contributed by atoms with Crippen LogP contribution in [0.1, 0.15) is 17.5 Å². The molecule has 0 radical (unpaired) electrons. The topological polar surface area (TPSA) is 48.1 Å². The fraction of sp³-hybridized carbons (Fsp3) is 0.312. The molecule has 0 aliphatic rings. The summed E-state index contributed by atoms with van der Waals surface area (Å²) in [6, 6.07) is 9.94. The molecular formula is C16H19ClN2O. The molecule has 106 valence electrons. The molecule has 1 atom stereocenters. The third kappa shape index (κ3) is 4.51. The van der Waals surface area contributed by atoms with Crippen LogP contribution in [-0.4, -0.2) is 17.6 Å². The number of aromatic nitrogens is 1. The van der Waals surface area contributed by atoms with Crippen LogP contribution in [0.3, 0.4) is 0 Å². The molecule has 2 aromatic rings. The van der Waals surface area contributed by atoms with Crippen molar-refractivity contribution >= 4 is 11.6 Å². The van der Waals surface area contributed by atoms with Gasteiger partial charge in [-0.05, 0) is 49.1 Å². The lowest BCUT2D eigenvalue weighted by Crippen LogP contribution is -2.25. The van der Waals surface area contributed by atoms with Crippen LogP contribution in [0.2, 0.25) is 5.02 Å². The summed E-state index contributed by atoms with van der Waals surface area (Å²) < 4.78 is 5.70. The first kappa shape index (κ1) is 14.8. The van der Waals surface area contributed by atoms with E-state index in [0.29, 0.717) is 11.6 Å². The van der Waals surface area contributed by atoms with Gasteiger partial charge < -0.3 is 10.5 Å². The number of hydrogen-bond donors (Lipinski definition) is 1. The zero-order chi connectivity index (χ0) is 14.4. The number of ether oxygens (including phenoxy) is 1. The first-order chi connectivity index (χ1) is 9.65. The summed E-state index contributed by atoms with van der Waals surface area (Å²) in [5.41, 5.74) is 8.33. The molecule has 0 amide bonds. The van der Waals surface area contributed by atoms with Gasteiger partial charge in [-0.1, -0.05) is 23.7 Å². The number of nitrogens with zero attached hydrogens (tertiary/aromatic N) is 1. The van der Waals surface area contributed by atoms with Crippen molar-refractivity contribution in [3.8, 4) is 5.75 Å². The van der Waals surface area contributed by atoms with Crippen LogP contribution in [0.15, 0.2) is 42.7 Å². The molecule has 4 heteroatoms. The van der Waals surface area contributed by atoms with Crippen molar-refractivity contribution in [2.24, 2.45) is 5.73 Å². The van der Waals surface area contributed by atoms with Crippen LogP contribution in [0.5, 0.6) is 5.75 Å².